The molecule has 15 heavy (non-hydrogen) atoms. The third-order valence-electron chi connectivity index (χ3n) is 0.750. The van der Waals surface area contributed by atoms with Crippen molar-refractivity contribution in [2.75, 3.05) is 0 Å². The summed E-state index contributed by atoms with van der Waals surface area (Å²) >= 11 is 0. The van der Waals surface area contributed by atoms with Crippen molar-refractivity contribution < 1.29 is 42.1 Å². The van der Waals surface area contributed by atoms with Gasteiger partial charge in [-0.15, -0.1) is 0 Å². The van der Waals surface area contributed by atoms with Gasteiger partial charge in [0.1, 0.15) is 0 Å². The molecule has 0 radical (unpaired) electrons. The van der Waals surface area contributed by atoms with E-state index in [9.17, 15) is 0 Å². The molecule has 0 aliphatic carbocycles. The second-order valence-electron chi connectivity index (χ2n) is 4.54. The molecule has 0 aromatic carbocycles. The topological polar surface area (TPSA) is 0 Å². The molecule has 0 saturated carbocycles. The van der Waals surface area contributed by atoms with Crippen LogP contribution in [0, 0.1) is 32.3 Å². The van der Waals surface area contributed by atoms with Crippen molar-refractivity contribution in [2.45, 2.75) is 48.0 Å². The minimum Gasteiger partial charge on any atom is -0.521 e. The summed E-state index contributed by atoms with van der Waals surface area (Å²) in [4.78, 5) is 0. The predicted octanol–water partition coefficient (Wildman–Crippen LogP) is 4.97. The molecule has 0 atom stereocenters. The molecule has 0 aromatic rings. The van der Waals surface area contributed by atoms with Gasteiger partial charge in [-0.1, -0.05) is 47.0 Å². The molecule has 0 aliphatic heterocycles. The van der Waals surface area contributed by atoms with Crippen molar-refractivity contribution in [3.8, 4) is 0 Å². The third-order valence-corrected chi connectivity index (χ3v) is 0.750. The van der Waals surface area contributed by atoms with E-state index in [2.05, 4.69) is 61.6 Å². The van der Waals surface area contributed by atoms with Crippen LogP contribution < -0.4 is 0 Å². The van der Waals surface area contributed by atoms with Gasteiger partial charge in [-0.2, -0.15) is 6.42 Å². The first-order valence-electron chi connectivity index (χ1n) is 4.49. The molecule has 0 unspecified atom stereocenters. The predicted molar refractivity (Wildman–Crippen MR) is 66.3 cm³/mol. The zero-order valence-electron chi connectivity index (χ0n) is 11.6. The Morgan fingerprint density at radius 1 is 1.13 bits per heavy atom. The van der Waals surface area contributed by atoms with Gasteiger partial charge < -0.3 is 20.9 Å². The molecular weight excluding hydrogens is 524 g/mol. The minimum absolute atomic E-state index is 0. The summed E-state index contributed by atoms with van der Waals surface area (Å²) in [5, 5.41) is 0. The Morgan fingerprint density at radius 2 is 1.20 bits per heavy atom. The monoisotopic (exact) mass is 553 g/mol. The van der Waals surface area contributed by atoms with Crippen LogP contribution in [-0.2, 0) is 42.1 Å². The first kappa shape index (κ1) is 36.0. The first-order chi connectivity index (χ1) is 5.29. The summed E-state index contributed by atoms with van der Waals surface area (Å²) in [6, 6.07) is 0. The van der Waals surface area contributed by atoms with Gasteiger partial charge in [-0.05, 0) is 5.92 Å². The van der Waals surface area contributed by atoms with Crippen LogP contribution in [0.1, 0.15) is 48.0 Å². The van der Waals surface area contributed by atoms with E-state index in [1.54, 1.807) is 0 Å². The van der Waals surface area contributed by atoms with Gasteiger partial charge in [0.2, 0.25) is 0 Å². The molecule has 0 aliphatic rings. The van der Waals surface area contributed by atoms with Crippen LogP contribution in [0.25, 0.3) is 0 Å². The van der Waals surface area contributed by atoms with E-state index >= 15 is 0 Å². The van der Waals surface area contributed by atoms with E-state index in [-0.39, 0.29) is 49.6 Å². The third kappa shape index (κ3) is 153. The van der Waals surface area contributed by atoms with E-state index in [4.69, 9.17) is 0 Å². The quantitative estimate of drug-likeness (QED) is 0.372. The Kier molecular flexibility index (Phi) is 58.5. The molecule has 0 amide bonds. The molecule has 94 valence electrons. The van der Waals surface area contributed by atoms with E-state index < -0.39 is 0 Å². The molecular formula is C13H29W2-. The smallest absolute Gasteiger partial charge is 0.521 e. The number of rotatable bonds is 0. The SMILES string of the molecule is CC(C)C.[CH-]=C.[CH2-]CC(C)(C)C.[CH3-].[W+2].[W]. The average Bonchev–Trinajstić information content (AvgIpc) is 1.90. The second-order valence-corrected chi connectivity index (χ2v) is 4.54. The number of hydrogen-bond donors (Lipinski definition) is 0. The summed E-state index contributed by atoms with van der Waals surface area (Å²) in [6.07, 6.45) is 1.02. The molecule has 0 bridgehead atoms. The molecule has 2 heteroatoms. The Hall–Kier alpha value is 1.12. The Labute approximate surface area is 128 Å². The van der Waals surface area contributed by atoms with Crippen molar-refractivity contribution in [2.24, 2.45) is 11.3 Å². The van der Waals surface area contributed by atoms with Crippen LogP contribution in [0.4, 0.5) is 0 Å². The van der Waals surface area contributed by atoms with Crippen LogP contribution in [0.3, 0.4) is 0 Å². The summed E-state index contributed by atoms with van der Waals surface area (Å²) in [5.74, 6) is 0.833. The average molecular weight is 553 g/mol. The van der Waals surface area contributed by atoms with Crippen LogP contribution in [0.2, 0.25) is 0 Å². The van der Waals surface area contributed by atoms with Gasteiger partial charge >= 0.3 is 21.1 Å². The van der Waals surface area contributed by atoms with Crippen molar-refractivity contribution in [3.63, 3.8) is 0 Å². The zero-order valence-corrected chi connectivity index (χ0v) is 17.5. The van der Waals surface area contributed by atoms with E-state index in [1.807, 2.05) is 0 Å². The van der Waals surface area contributed by atoms with E-state index in [0.29, 0.717) is 5.41 Å². The van der Waals surface area contributed by atoms with Gasteiger partial charge in [-0.25, -0.2) is 0 Å². The maximum atomic E-state index is 4.25. The Morgan fingerprint density at radius 3 is 1.20 bits per heavy atom. The minimum atomic E-state index is 0. The molecule has 0 nitrogen and oxygen atoms in total. The molecule has 0 rings (SSSR count). The molecule has 0 saturated heterocycles. The summed E-state index contributed by atoms with van der Waals surface area (Å²) < 4.78 is 0. The Bertz CT molecular complexity index is 70.3. The maximum absolute atomic E-state index is 4.25. The largest absolute Gasteiger partial charge is 2.00 e. The van der Waals surface area contributed by atoms with Gasteiger partial charge in [0.15, 0.2) is 0 Å². The van der Waals surface area contributed by atoms with E-state index in [0.717, 1.165) is 12.3 Å². The van der Waals surface area contributed by atoms with Crippen LogP contribution >= 0.6 is 0 Å². The van der Waals surface area contributed by atoms with Gasteiger partial charge in [0, 0.05) is 21.1 Å². The molecule has 0 spiro atoms. The maximum Gasteiger partial charge on any atom is 2.00 e. The standard InChI is InChI=1S/C6H13.C4H10.C2H3.CH3.2W/c1-5-6(2,3)4;1-4(2)3;1-2;;;/h1,5H2,2-4H3;4H,1-3H3;1H,2H2;1H3;;/q-1;;2*-1;;+2. The van der Waals surface area contributed by atoms with Crippen molar-refractivity contribution >= 4 is 0 Å². The van der Waals surface area contributed by atoms with Crippen molar-refractivity contribution in [1.29, 1.82) is 0 Å². The van der Waals surface area contributed by atoms with Crippen LogP contribution in [-0.4, -0.2) is 0 Å². The van der Waals surface area contributed by atoms with Gasteiger partial charge in [-0.3, -0.25) is 6.58 Å². The van der Waals surface area contributed by atoms with Crippen LogP contribution in [0.15, 0.2) is 6.58 Å². The van der Waals surface area contributed by atoms with E-state index in [1.165, 1.54) is 0 Å². The normalized spacial score (nSPS) is 7.47. The van der Waals surface area contributed by atoms with Crippen LogP contribution in [0.5, 0.6) is 0 Å². The van der Waals surface area contributed by atoms with Crippen molar-refractivity contribution in [3.05, 3.63) is 27.5 Å². The summed E-state index contributed by atoms with van der Waals surface area (Å²) in [6.45, 7) is 23.8. The van der Waals surface area contributed by atoms with Crippen molar-refractivity contribution in [1.82, 2.24) is 0 Å². The molecule has 0 aromatic heterocycles. The zero-order chi connectivity index (χ0) is 10.8. The summed E-state index contributed by atoms with van der Waals surface area (Å²) in [7, 11) is 0. The molecule has 0 fully saturated rings. The van der Waals surface area contributed by atoms with Gasteiger partial charge in [0.25, 0.3) is 0 Å². The summed E-state index contributed by atoms with van der Waals surface area (Å²) in [5.41, 5.74) is 0.431. The fourth-order valence-corrected chi connectivity index (χ4v) is 0. The fraction of sp³-hybridized carbons (Fsp3) is 0.692. The second kappa shape index (κ2) is 24.4. The Balaban J connectivity index is -0.0000000204. The molecule has 0 N–H and O–H groups in total. The fourth-order valence-electron chi connectivity index (χ4n) is 0. The number of hydrogen-bond acceptors (Lipinski definition) is 0. The molecule has 0 heterocycles. The first-order valence-corrected chi connectivity index (χ1v) is 4.49. The van der Waals surface area contributed by atoms with Gasteiger partial charge in [0.05, 0.1) is 0 Å².